The van der Waals surface area contributed by atoms with Gasteiger partial charge in [0.05, 0.1) is 19.0 Å². The van der Waals surface area contributed by atoms with Crippen molar-refractivity contribution in [1.82, 2.24) is 15.3 Å². The fraction of sp³-hybridized carbons (Fsp3) is 0.571. The summed E-state index contributed by atoms with van der Waals surface area (Å²) in [6.07, 6.45) is 11.4. The van der Waals surface area contributed by atoms with Gasteiger partial charge in [-0.15, -0.1) is 0 Å². The number of rotatable bonds is 13. The molecule has 1 aromatic heterocycles. The van der Waals surface area contributed by atoms with Crippen molar-refractivity contribution in [3.63, 3.8) is 0 Å². The molecule has 1 amide bonds. The highest BCUT2D eigenvalue weighted by Crippen LogP contribution is 2.40. The summed E-state index contributed by atoms with van der Waals surface area (Å²) in [4.78, 5) is 36.9. The van der Waals surface area contributed by atoms with Crippen LogP contribution in [-0.4, -0.2) is 61.5 Å². The first-order chi connectivity index (χ1) is 18.1. The topological polar surface area (TPSA) is 99.7 Å². The van der Waals surface area contributed by atoms with E-state index in [2.05, 4.69) is 39.6 Å². The SMILES string of the molecule is CCC1C(=O)N(C)c2cnc(Nc3ccc(CCCNCCCC=O)cc3OC)nc2N1C1CCCC1. The van der Waals surface area contributed by atoms with E-state index in [4.69, 9.17) is 9.72 Å². The van der Waals surface area contributed by atoms with Gasteiger partial charge in [-0.25, -0.2) is 4.98 Å². The minimum Gasteiger partial charge on any atom is -0.495 e. The van der Waals surface area contributed by atoms with Crippen molar-refractivity contribution in [3.8, 4) is 5.75 Å². The van der Waals surface area contributed by atoms with Gasteiger partial charge in [-0.1, -0.05) is 25.8 Å². The first kappa shape index (κ1) is 26.9. The normalized spacial score (nSPS) is 17.7. The summed E-state index contributed by atoms with van der Waals surface area (Å²) in [6.45, 7) is 3.85. The molecule has 4 rings (SSSR count). The number of aromatic nitrogens is 2. The van der Waals surface area contributed by atoms with Crippen molar-refractivity contribution in [2.45, 2.75) is 76.8 Å². The molecule has 1 saturated carbocycles. The van der Waals surface area contributed by atoms with Crippen LogP contribution < -0.4 is 25.2 Å². The predicted molar refractivity (Wildman–Crippen MR) is 147 cm³/mol. The highest BCUT2D eigenvalue weighted by molar-refractivity contribution is 6.04. The van der Waals surface area contributed by atoms with E-state index in [-0.39, 0.29) is 11.9 Å². The molecule has 2 heterocycles. The van der Waals surface area contributed by atoms with Crippen LogP contribution in [0.3, 0.4) is 0 Å². The molecule has 9 heteroatoms. The van der Waals surface area contributed by atoms with Crippen molar-refractivity contribution < 1.29 is 14.3 Å². The van der Waals surface area contributed by atoms with Gasteiger partial charge < -0.3 is 30.0 Å². The minimum atomic E-state index is -0.198. The molecule has 0 saturated heterocycles. The molecule has 0 spiro atoms. The molecule has 0 bridgehead atoms. The Morgan fingerprint density at radius 3 is 2.70 bits per heavy atom. The third-order valence-electron chi connectivity index (χ3n) is 7.42. The maximum absolute atomic E-state index is 13.1. The van der Waals surface area contributed by atoms with Crippen molar-refractivity contribution in [2.24, 2.45) is 0 Å². The standard InChI is InChI=1S/C28H40N6O3/c1-4-23-27(36)33(2)24-19-30-28(32-26(24)34(23)21-11-5-6-12-21)31-22-14-13-20(18-25(22)37-3)10-9-16-29-15-7-8-17-35/h13-14,17-19,21,23,29H,4-12,15-16H2,1-3H3,(H,30,31,32). The molecule has 37 heavy (non-hydrogen) atoms. The number of hydrogen-bond donors (Lipinski definition) is 2. The zero-order chi connectivity index (χ0) is 26.2. The Kier molecular flexibility index (Phi) is 9.33. The predicted octanol–water partition coefficient (Wildman–Crippen LogP) is 4.23. The number of nitrogens with zero attached hydrogens (tertiary/aromatic N) is 4. The number of unbranched alkanes of at least 4 members (excludes halogenated alkanes) is 1. The summed E-state index contributed by atoms with van der Waals surface area (Å²) in [5.74, 6) is 2.17. The lowest BCUT2D eigenvalue weighted by Crippen LogP contribution is -2.55. The van der Waals surface area contributed by atoms with Gasteiger partial charge in [0.15, 0.2) is 5.82 Å². The van der Waals surface area contributed by atoms with E-state index in [9.17, 15) is 9.59 Å². The number of amides is 1. The van der Waals surface area contributed by atoms with Gasteiger partial charge >= 0.3 is 0 Å². The number of carbonyl (C=O) groups is 2. The number of methoxy groups -OCH3 is 1. The Balaban J connectivity index is 1.48. The first-order valence-electron chi connectivity index (χ1n) is 13.6. The molecular weight excluding hydrogens is 468 g/mol. The summed E-state index contributed by atoms with van der Waals surface area (Å²) in [6, 6.07) is 6.29. The average molecular weight is 509 g/mol. The number of anilines is 4. The van der Waals surface area contributed by atoms with Crippen LogP contribution in [0.25, 0.3) is 0 Å². The van der Waals surface area contributed by atoms with Gasteiger partial charge in [-0.2, -0.15) is 4.98 Å². The van der Waals surface area contributed by atoms with Crippen molar-refractivity contribution in [1.29, 1.82) is 0 Å². The molecule has 9 nitrogen and oxygen atoms in total. The van der Waals surface area contributed by atoms with E-state index >= 15 is 0 Å². The van der Waals surface area contributed by atoms with Crippen molar-refractivity contribution in [2.75, 3.05) is 42.4 Å². The molecule has 2 N–H and O–H groups in total. The van der Waals surface area contributed by atoms with E-state index in [0.29, 0.717) is 18.4 Å². The quantitative estimate of drug-likeness (QED) is 0.306. The summed E-state index contributed by atoms with van der Waals surface area (Å²) in [5, 5.41) is 6.73. The van der Waals surface area contributed by atoms with Crippen LogP contribution in [0, 0.1) is 0 Å². The van der Waals surface area contributed by atoms with Gasteiger partial charge in [0.1, 0.15) is 23.8 Å². The molecule has 1 fully saturated rings. The fourth-order valence-corrected chi connectivity index (χ4v) is 5.41. The van der Waals surface area contributed by atoms with Gasteiger partial charge in [0, 0.05) is 19.5 Å². The summed E-state index contributed by atoms with van der Waals surface area (Å²) in [7, 11) is 3.48. The molecule has 200 valence electrons. The second kappa shape index (κ2) is 12.9. The third-order valence-corrected chi connectivity index (χ3v) is 7.42. The van der Waals surface area contributed by atoms with E-state index in [0.717, 1.165) is 80.8 Å². The minimum absolute atomic E-state index is 0.111. The Bertz CT molecular complexity index is 1070. The largest absolute Gasteiger partial charge is 0.495 e. The number of carbonyl (C=O) groups excluding carboxylic acids is 2. The highest BCUT2D eigenvalue weighted by Gasteiger charge is 2.41. The lowest BCUT2D eigenvalue weighted by atomic mass is 10.0. The van der Waals surface area contributed by atoms with Crippen molar-refractivity contribution in [3.05, 3.63) is 30.0 Å². The van der Waals surface area contributed by atoms with Crippen LogP contribution in [-0.2, 0) is 16.0 Å². The maximum Gasteiger partial charge on any atom is 0.249 e. The van der Waals surface area contributed by atoms with Gasteiger partial charge in [0.2, 0.25) is 11.9 Å². The summed E-state index contributed by atoms with van der Waals surface area (Å²) >= 11 is 0. The van der Waals surface area contributed by atoms with Crippen molar-refractivity contribution >= 4 is 35.3 Å². The van der Waals surface area contributed by atoms with Gasteiger partial charge in [-0.3, -0.25) is 4.79 Å². The molecule has 0 radical (unpaired) electrons. The van der Waals surface area contributed by atoms with Crippen LogP contribution in [0.1, 0.15) is 63.9 Å². The zero-order valence-corrected chi connectivity index (χ0v) is 22.3. The van der Waals surface area contributed by atoms with Crippen LogP contribution >= 0.6 is 0 Å². The maximum atomic E-state index is 13.1. The molecule has 1 atom stereocenters. The molecule has 1 aliphatic carbocycles. The fourth-order valence-electron chi connectivity index (χ4n) is 5.41. The average Bonchev–Trinajstić information content (AvgIpc) is 3.45. The van der Waals surface area contributed by atoms with E-state index in [1.807, 2.05) is 13.1 Å². The Morgan fingerprint density at radius 1 is 1.19 bits per heavy atom. The highest BCUT2D eigenvalue weighted by atomic mass is 16.5. The third kappa shape index (κ3) is 6.21. The molecule has 1 unspecified atom stereocenters. The molecule has 1 aliphatic heterocycles. The number of fused-ring (bicyclic) bond motifs is 1. The smallest absolute Gasteiger partial charge is 0.249 e. The number of nitrogens with one attached hydrogen (secondary N) is 2. The van der Waals surface area contributed by atoms with E-state index in [1.54, 1.807) is 18.2 Å². The van der Waals surface area contributed by atoms with Crippen LogP contribution in [0.5, 0.6) is 5.75 Å². The lowest BCUT2D eigenvalue weighted by molar-refractivity contribution is -0.120. The number of ether oxygens (including phenoxy) is 1. The zero-order valence-electron chi connectivity index (χ0n) is 22.3. The molecule has 1 aromatic carbocycles. The Hall–Kier alpha value is -3.20. The number of aldehydes is 1. The molecule has 2 aromatic rings. The Morgan fingerprint density at radius 2 is 1.97 bits per heavy atom. The molecule has 2 aliphatic rings. The van der Waals surface area contributed by atoms with Crippen LogP contribution in [0.2, 0.25) is 0 Å². The van der Waals surface area contributed by atoms with E-state index in [1.165, 1.54) is 18.4 Å². The summed E-state index contributed by atoms with van der Waals surface area (Å²) < 4.78 is 5.68. The number of likely N-dealkylation sites (N-methyl/N-ethyl adjacent to an activating group) is 1. The van der Waals surface area contributed by atoms with Crippen LogP contribution in [0.4, 0.5) is 23.1 Å². The number of benzene rings is 1. The van der Waals surface area contributed by atoms with Gasteiger partial charge in [0.25, 0.3) is 0 Å². The second-order valence-corrected chi connectivity index (χ2v) is 9.89. The second-order valence-electron chi connectivity index (χ2n) is 9.89. The number of hydrogen-bond acceptors (Lipinski definition) is 8. The summed E-state index contributed by atoms with van der Waals surface area (Å²) in [5.41, 5.74) is 2.76. The lowest BCUT2D eigenvalue weighted by Gasteiger charge is -2.43. The number of aryl methyl sites for hydroxylation is 1. The first-order valence-corrected chi connectivity index (χ1v) is 13.6. The van der Waals surface area contributed by atoms with Gasteiger partial charge in [-0.05, 0) is 69.3 Å². The molecular formula is C28H40N6O3. The monoisotopic (exact) mass is 508 g/mol. The van der Waals surface area contributed by atoms with E-state index < -0.39 is 0 Å². The Labute approximate surface area is 220 Å². The van der Waals surface area contributed by atoms with Crippen LogP contribution in [0.15, 0.2) is 24.4 Å².